The predicted octanol–water partition coefficient (Wildman–Crippen LogP) is 2.54. The van der Waals surface area contributed by atoms with Crippen molar-refractivity contribution in [3.63, 3.8) is 0 Å². The molecule has 0 saturated heterocycles. The highest BCUT2D eigenvalue weighted by atomic mass is 16.3. The van der Waals surface area contributed by atoms with E-state index in [-0.39, 0.29) is 5.88 Å². The number of furan rings is 1. The largest absolute Gasteiger partial charge is 0.447 e. The summed E-state index contributed by atoms with van der Waals surface area (Å²) in [4.78, 5) is 4.02. The Kier molecular flexibility index (Phi) is 1.89. The molecule has 0 bridgehead atoms. The van der Waals surface area contributed by atoms with Gasteiger partial charge in [0.25, 0.3) is 0 Å². The monoisotopic (exact) mass is 225 g/mol. The van der Waals surface area contributed by atoms with E-state index in [0.717, 1.165) is 11.1 Å². The number of anilines is 1. The van der Waals surface area contributed by atoms with Crippen molar-refractivity contribution in [3.05, 3.63) is 36.4 Å². The zero-order valence-electron chi connectivity index (χ0n) is 8.68. The van der Waals surface area contributed by atoms with Gasteiger partial charge in [0.1, 0.15) is 23.4 Å². The molecule has 2 heterocycles. The van der Waals surface area contributed by atoms with Crippen molar-refractivity contribution in [1.29, 1.82) is 5.26 Å². The molecule has 0 saturated carbocycles. The van der Waals surface area contributed by atoms with Crippen LogP contribution in [-0.4, -0.2) is 4.98 Å². The Morgan fingerprint density at radius 3 is 3.00 bits per heavy atom. The van der Waals surface area contributed by atoms with Gasteiger partial charge >= 0.3 is 0 Å². The van der Waals surface area contributed by atoms with E-state index in [1.807, 2.05) is 18.2 Å². The first-order valence-corrected chi connectivity index (χ1v) is 4.90. The van der Waals surface area contributed by atoms with Crippen LogP contribution >= 0.6 is 0 Å². The van der Waals surface area contributed by atoms with Crippen molar-refractivity contribution in [2.75, 3.05) is 5.73 Å². The second kappa shape index (κ2) is 3.39. The molecule has 0 spiro atoms. The molecule has 0 unspecified atom stereocenters. The number of hydrogen-bond donors (Lipinski definition) is 1. The minimum atomic E-state index is 0.125. The quantitative estimate of drug-likeness (QED) is 0.687. The number of oxazole rings is 1. The van der Waals surface area contributed by atoms with Gasteiger partial charge in [0.15, 0.2) is 12.0 Å². The number of nitrogens with zero attached hydrogens (tertiary/aromatic N) is 2. The lowest BCUT2D eigenvalue weighted by atomic mass is 10.0. The van der Waals surface area contributed by atoms with Crippen LogP contribution in [0.2, 0.25) is 0 Å². The molecular weight excluding hydrogens is 218 g/mol. The SMILES string of the molecule is N#Cc1c(-c2ccc3ncoc3c2)coc1N. The van der Waals surface area contributed by atoms with Crippen LogP contribution in [0.4, 0.5) is 5.88 Å². The molecule has 2 aromatic heterocycles. The van der Waals surface area contributed by atoms with E-state index in [1.165, 1.54) is 12.7 Å². The summed E-state index contributed by atoms with van der Waals surface area (Å²) in [7, 11) is 0. The highest BCUT2D eigenvalue weighted by molar-refractivity contribution is 5.83. The van der Waals surface area contributed by atoms with Gasteiger partial charge in [0.05, 0.1) is 0 Å². The van der Waals surface area contributed by atoms with Gasteiger partial charge in [-0.2, -0.15) is 5.26 Å². The van der Waals surface area contributed by atoms with Crippen molar-refractivity contribution in [2.45, 2.75) is 0 Å². The van der Waals surface area contributed by atoms with Crippen LogP contribution in [0.5, 0.6) is 0 Å². The first kappa shape index (κ1) is 9.48. The number of hydrogen-bond acceptors (Lipinski definition) is 5. The van der Waals surface area contributed by atoms with Crippen molar-refractivity contribution < 1.29 is 8.83 Å². The van der Waals surface area contributed by atoms with E-state index in [0.29, 0.717) is 16.7 Å². The van der Waals surface area contributed by atoms with Crippen LogP contribution in [0.25, 0.3) is 22.2 Å². The Morgan fingerprint density at radius 2 is 2.18 bits per heavy atom. The van der Waals surface area contributed by atoms with Gasteiger partial charge in [-0.05, 0) is 17.7 Å². The Bertz CT molecular complexity index is 734. The summed E-state index contributed by atoms with van der Waals surface area (Å²) in [6.45, 7) is 0. The first-order valence-electron chi connectivity index (χ1n) is 4.90. The standard InChI is InChI=1S/C12H7N3O2/c13-4-8-9(5-16-12(8)14)7-1-2-10-11(3-7)17-6-15-10/h1-3,5-6H,14H2. The predicted molar refractivity (Wildman–Crippen MR) is 60.8 cm³/mol. The maximum Gasteiger partial charge on any atom is 0.208 e. The molecule has 1 aromatic carbocycles. The van der Waals surface area contributed by atoms with Gasteiger partial charge in [-0.25, -0.2) is 4.98 Å². The Morgan fingerprint density at radius 1 is 1.29 bits per heavy atom. The minimum Gasteiger partial charge on any atom is -0.447 e. The van der Waals surface area contributed by atoms with Gasteiger partial charge in [-0.15, -0.1) is 0 Å². The smallest absolute Gasteiger partial charge is 0.208 e. The van der Waals surface area contributed by atoms with E-state index < -0.39 is 0 Å². The molecule has 0 radical (unpaired) electrons. The number of fused-ring (bicyclic) bond motifs is 1. The zero-order chi connectivity index (χ0) is 11.8. The molecule has 5 heteroatoms. The van der Waals surface area contributed by atoms with Crippen molar-refractivity contribution in [3.8, 4) is 17.2 Å². The molecule has 0 aliphatic rings. The van der Waals surface area contributed by atoms with Crippen molar-refractivity contribution >= 4 is 17.0 Å². The third-order valence-electron chi connectivity index (χ3n) is 2.57. The fraction of sp³-hybridized carbons (Fsp3) is 0. The lowest BCUT2D eigenvalue weighted by Crippen LogP contribution is -1.86. The van der Waals surface area contributed by atoms with Crippen molar-refractivity contribution in [2.24, 2.45) is 0 Å². The highest BCUT2D eigenvalue weighted by Gasteiger charge is 2.13. The second-order valence-corrected chi connectivity index (χ2v) is 3.54. The summed E-state index contributed by atoms with van der Waals surface area (Å²) in [5.74, 6) is 0.125. The third-order valence-corrected chi connectivity index (χ3v) is 2.57. The van der Waals surface area contributed by atoms with E-state index in [1.54, 1.807) is 6.07 Å². The number of nitriles is 1. The number of benzene rings is 1. The molecule has 0 amide bonds. The molecular formula is C12H7N3O2. The van der Waals surface area contributed by atoms with Gasteiger partial charge in [-0.3, -0.25) is 0 Å². The van der Waals surface area contributed by atoms with Crippen LogP contribution in [0, 0.1) is 11.3 Å². The molecule has 17 heavy (non-hydrogen) atoms. The summed E-state index contributed by atoms with van der Waals surface area (Å²) in [6.07, 6.45) is 2.84. The molecule has 0 aliphatic carbocycles. The number of rotatable bonds is 1. The van der Waals surface area contributed by atoms with E-state index >= 15 is 0 Å². The summed E-state index contributed by atoms with van der Waals surface area (Å²) < 4.78 is 10.2. The van der Waals surface area contributed by atoms with E-state index in [2.05, 4.69) is 4.98 Å². The fourth-order valence-electron chi connectivity index (χ4n) is 1.72. The average Bonchev–Trinajstić information content (AvgIpc) is 2.93. The lowest BCUT2D eigenvalue weighted by molar-refractivity contribution is 0.588. The molecule has 82 valence electrons. The molecule has 0 atom stereocenters. The number of nitrogen functional groups attached to an aromatic ring is 1. The number of nitrogens with two attached hydrogens (primary N) is 1. The van der Waals surface area contributed by atoms with E-state index in [9.17, 15) is 0 Å². The lowest BCUT2D eigenvalue weighted by Gasteiger charge is -1.97. The molecule has 0 fully saturated rings. The summed E-state index contributed by atoms with van der Waals surface area (Å²) >= 11 is 0. The number of aromatic nitrogens is 1. The molecule has 5 nitrogen and oxygen atoms in total. The highest BCUT2D eigenvalue weighted by Crippen LogP contribution is 2.30. The zero-order valence-corrected chi connectivity index (χ0v) is 8.68. The maximum atomic E-state index is 9.00. The van der Waals surface area contributed by atoms with Crippen LogP contribution in [0.3, 0.4) is 0 Å². The Hall–Kier alpha value is -2.74. The van der Waals surface area contributed by atoms with E-state index in [4.69, 9.17) is 19.8 Å². The molecule has 3 aromatic rings. The average molecular weight is 225 g/mol. The van der Waals surface area contributed by atoms with Crippen molar-refractivity contribution in [1.82, 2.24) is 4.98 Å². The second-order valence-electron chi connectivity index (χ2n) is 3.54. The van der Waals surface area contributed by atoms with Gasteiger partial charge in [-0.1, -0.05) is 6.07 Å². The maximum absolute atomic E-state index is 9.00. The van der Waals surface area contributed by atoms with Crippen LogP contribution in [-0.2, 0) is 0 Å². The minimum absolute atomic E-state index is 0.125. The van der Waals surface area contributed by atoms with Gasteiger partial charge in [0, 0.05) is 5.56 Å². The topological polar surface area (TPSA) is 89.0 Å². The van der Waals surface area contributed by atoms with Gasteiger partial charge in [0.2, 0.25) is 5.88 Å². The molecule has 2 N–H and O–H groups in total. The Labute approximate surface area is 96.1 Å². The third kappa shape index (κ3) is 1.35. The Balaban J connectivity index is 2.23. The van der Waals surface area contributed by atoms with Gasteiger partial charge < -0.3 is 14.6 Å². The fourth-order valence-corrected chi connectivity index (χ4v) is 1.72. The van der Waals surface area contributed by atoms with Crippen LogP contribution in [0.1, 0.15) is 5.56 Å². The summed E-state index contributed by atoms with van der Waals surface area (Å²) in [5, 5.41) is 9.00. The normalized spacial score (nSPS) is 10.5. The summed E-state index contributed by atoms with van der Waals surface area (Å²) in [5.41, 5.74) is 8.79. The summed E-state index contributed by atoms with van der Waals surface area (Å²) in [6, 6.07) is 7.48. The molecule has 0 aliphatic heterocycles. The van der Waals surface area contributed by atoms with Crippen LogP contribution in [0.15, 0.2) is 39.7 Å². The molecule has 3 rings (SSSR count). The first-order chi connectivity index (χ1) is 8.29. The van der Waals surface area contributed by atoms with Crippen LogP contribution < -0.4 is 5.73 Å².